The van der Waals surface area contributed by atoms with Gasteiger partial charge in [-0.15, -0.1) is 10.2 Å². The average molecular weight is 469 g/mol. The normalized spacial score (nSPS) is 12.5. The molecule has 0 fully saturated rings. The molecule has 1 unspecified atom stereocenters. The molecule has 8 nitrogen and oxygen atoms in total. The van der Waals surface area contributed by atoms with Crippen molar-refractivity contribution in [2.75, 3.05) is 11.1 Å². The van der Waals surface area contributed by atoms with Crippen LogP contribution in [0.3, 0.4) is 0 Å². The molecule has 1 aromatic heterocycles. The number of hydrogen-bond acceptors (Lipinski definition) is 7. The highest BCUT2D eigenvalue weighted by Gasteiger charge is 2.25. The van der Waals surface area contributed by atoms with Crippen molar-refractivity contribution in [3.05, 3.63) is 34.7 Å². The first-order valence-corrected chi connectivity index (χ1v) is 11.3. The zero-order valence-corrected chi connectivity index (χ0v) is 20.2. The van der Waals surface area contributed by atoms with Crippen LogP contribution in [0.1, 0.15) is 58.5 Å². The number of hydrogen-bond donors (Lipinski definition) is 2. The molecule has 0 aliphatic carbocycles. The number of benzene rings is 1. The number of rotatable bonds is 8. The number of nitrogens with zero attached hydrogens (tertiary/aromatic N) is 2. The van der Waals surface area contributed by atoms with Crippen LogP contribution in [0.25, 0.3) is 0 Å². The number of aromatic nitrogens is 2. The Labute approximate surface area is 191 Å². The molecular formula is C21H29ClN4O4S. The maximum absolute atomic E-state index is 12.3. The number of anilines is 1. The van der Waals surface area contributed by atoms with Crippen molar-refractivity contribution in [3.8, 4) is 0 Å². The Bertz CT molecular complexity index is 911. The van der Waals surface area contributed by atoms with E-state index in [2.05, 4.69) is 20.8 Å². The summed E-state index contributed by atoms with van der Waals surface area (Å²) in [6.07, 6.45) is 0.0434. The third-order valence-corrected chi connectivity index (χ3v) is 5.21. The van der Waals surface area contributed by atoms with Crippen LogP contribution in [-0.4, -0.2) is 33.6 Å². The summed E-state index contributed by atoms with van der Waals surface area (Å²) in [5, 5.41) is 14.5. The molecule has 1 atom stereocenters. The number of halogens is 1. The lowest BCUT2D eigenvalue weighted by Crippen LogP contribution is -2.35. The fourth-order valence-corrected chi connectivity index (χ4v) is 3.36. The highest BCUT2D eigenvalue weighted by atomic mass is 35.5. The molecule has 2 N–H and O–H groups in total. The summed E-state index contributed by atoms with van der Waals surface area (Å²) in [7, 11) is 0. The highest BCUT2D eigenvalue weighted by Crippen LogP contribution is 2.26. The number of thioether (sulfide) groups is 1. The zero-order valence-electron chi connectivity index (χ0n) is 18.6. The Morgan fingerprint density at radius 1 is 1.26 bits per heavy atom. The van der Waals surface area contributed by atoms with Gasteiger partial charge in [-0.3, -0.25) is 4.79 Å². The van der Waals surface area contributed by atoms with Gasteiger partial charge in [-0.1, -0.05) is 43.3 Å². The molecule has 0 radical (unpaired) electrons. The Kier molecular flexibility index (Phi) is 8.76. The lowest BCUT2D eigenvalue weighted by molar-refractivity contribution is -0.113. The molecule has 0 aliphatic heterocycles. The predicted molar refractivity (Wildman–Crippen MR) is 121 cm³/mol. The van der Waals surface area contributed by atoms with Gasteiger partial charge in [0.1, 0.15) is 11.6 Å². The van der Waals surface area contributed by atoms with Crippen LogP contribution in [0.5, 0.6) is 0 Å². The van der Waals surface area contributed by atoms with Crippen LogP contribution in [0.15, 0.2) is 27.8 Å². The van der Waals surface area contributed by atoms with E-state index in [9.17, 15) is 9.59 Å². The van der Waals surface area contributed by atoms with E-state index in [4.69, 9.17) is 20.8 Å². The predicted octanol–water partition coefficient (Wildman–Crippen LogP) is 5.37. The van der Waals surface area contributed by atoms with Gasteiger partial charge in [0.05, 0.1) is 5.75 Å². The molecule has 1 heterocycles. The molecule has 2 amide bonds. The largest absolute Gasteiger partial charge is 0.444 e. The molecule has 0 bridgehead atoms. The molecule has 0 aliphatic rings. The molecule has 0 saturated heterocycles. The zero-order chi connectivity index (χ0) is 23.2. The lowest BCUT2D eigenvalue weighted by Gasteiger charge is -2.22. The van der Waals surface area contributed by atoms with E-state index in [0.717, 1.165) is 17.3 Å². The second-order valence-corrected chi connectivity index (χ2v) is 9.82. The monoisotopic (exact) mass is 468 g/mol. The first kappa shape index (κ1) is 25.0. The minimum absolute atomic E-state index is 0.0852. The summed E-state index contributed by atoms with van der Waals surface area (Å²) in [6, 6.07) is 4.84. The number of ether oxygens (including phenoxy) is 1. The Morgan fingerprint density at radius 2 is 1.97 bits per heavy atom. The van der Waals surface area contributed by atoms with Crippen LogP contribution >= 0.6 is 23.4 Å². The summed E-state index contributed by atoms with van der Waals surface area (Å²) >= 11 is 7.20. The number of alkyl carbamates (subject to hydrolysis) is 1. The fraction of sp³-hybridized carbons (Fsp3) is 0.524. The van der Waals surface area contributed by atoms with E-state index in [0.29, 0.717) is 17.1 Å². The quantitative estimate of drug-likeness (QED) is 0.501. The molecule has 31 heavy (non-hydrogen) atoms. The maximum atomic E-state index is 12.3. The van der Waals surface area contributed by atoms with Crippen molar-refractivity contribution in [1.82, 2.24) is 15.5 Å². The van der Waals surface area contributed by atoms with Crippen molar-refractivity contribution in [3.63, 3.8) is 0 Å². The molecule has 2 rings (SSSR count). The van der Waals surface area contributed by atoms with Gasteiger partial charge in [0, 0.05) is 10.7 Å². The van der Waals surface area contributed by atoms with E-state index in [1.807, 2.05) is 20.8 Å². The van der Waals surface area contributed by atoms with Gasteiger partial charge in [0.2, 0.25) is 11.8 Å². The topological polar surface area (TPSA) is 106 Å². The van der Waals surface area contributed by atoms with E-state index in [-0.39, 0.29) is 28.7 Å². The minimum Gasteiger partial charge on any atom is -0.444 e. The summed E-state index contributed by atoms with van der Waals surface area (Å²) in [5.41, 5.74) is 0.840. The van der Waals surface area contributed by atoms with Crippen molar-refractivity contribution >= 4 is 41.1 Å². The van der Waals surface area contributed by atoms with E-state index in [1.54, 1.807) is 39.0 Å². The first-order chi connectivity index (χ1) is 14.4. The second kappa shape index (κ2) is 10.9. The van der Waals surface area contributed by atoms with Crippen LogP contribution in [0, 0.1) is 12.8 Å². The molecular weight excluding hydrogens is 440 g/mol. The molecule has 2 aromatic rings. The minimum atomic E-state index is -0.614. The fourth-order valence-electron chi connectivity index (χ4n) is 2.62. The number of carbonyl (C=O) groups excluding carboxylic acids is 2. The summed E-state index contributed by atoms with van der Waals surface area (Å²) in [4.78, 5) is 24.5. The lowest BCUT2D eigenvalue weighted by atomic mass is 10.0. The summed E-state index contributed by atoms with van der Waals surface area (Å²) < 4.78 is 11.0. The molecule has 0 spiro atoms. The van der Waals surface area contributed by atoms with Gasteiger partial charge < -0.3 is 19.8 Å². The molecule has 1 aromatic carbocycles. The van der Waals surface area contributed by atoms with Gasteiger partial charge in [-0.05, 0) is 57.7 Å². The van der Waals surface area contributed by atoms with E-state index >= 15 is 0 Å². The standard InChI is InChI=1S/C21H29ClN4O4S/c1-12(2)10-16(24-19(28)30-21(4,5)6)18-25-26-20(29-18)31-11-17(27)23-15-9-7-8-14(22)13(15)3/h7-9,12,16H,10-11H2,1-6H3,(H,23,27)(H,24,28). The Hall–Kier alpha value is -2.26. The Morgan fingerprint density at radius 3 is 2.61 bits per heavy atom. The number of nitrogens with one attached hydrogen (secondary N) is 2. The van der Waals surface area contributed by atoms with Gasteiger partial charge in [-0.2, -0.15) is 0 Å². The van der Waals surface area contributed by atoms with Crippen molar-refractivity contribution in [1.29, 1.82) is 0 Å². The Balaban J connectivity index is 1.98. The first-order valence-electron chi connectivity index (χ1n) is 9.95. The van der Waals surface area contributed by atoms with E-state index < -0.39 is 17.7 Å². The van der Waals surface area contributed by atoms with Gasteiger partial charge >= 0.3 is 6.09 Å². The number of carbonyl (C=O) groups is 2. The van der Waals surface area contributed by atoms with Gasteiger partial charge in [-0.25, -0.2) is 4.79 Å². The van der Waals surface area contributed by atoms with E-state index in [1.165, 1.54) is 0 Å². The van der Waals surface area contributed by atoms with Gasteiger partial charge in [0.25, 0.3) is 5.22 Å². The molecule has 10 heteroatoms. The van der Waals surface area contributed by atoms with Crippen molar-refractivity contribution < 1.29 is 18.7 Å². The summed E-state index contributed by atoms with van der Waals surface area (Å²) in [5.74, 6) is 0.408. The van der Waals surface area contributed by atoms with Gasteiger partial charge in [0.15, 0.2) is 0 Å². The van der Waals surface area contributed by atoms with Crippen molar-refractivity contribution in [2.45, 2.75) is 64.8 Å². The maximum Gasteiger partial charge on any atom is 0.408 e. The SMILES string of the molecule is Cc1c(Cl)cccc1NC(=O)CSc1nnc(C(CC(C)C)NC(=O)OC(C)(C)C)o1. The van der Waals surface area contributed by atoms with Crippen LogP contribution in [0.4, 0.5) is 10.5 Å². The van der Waals surface area contributed by atoms with Crippen LogP contribution < -0.4 is 10.6 Å². The number of amides is 2. The smallest absolute Gasteiger partial charge is 0.408 e. The highest BCUT2D eigenvalue weighted by molar-refractivity contribution is 7.99. The van der Waals surface area contributed by atoms with Crippen LogP contribution in [-0.2, 0) is 9.53 Å². The van der Waals surface area contributed by atoms with Crippen LogP contribution in [0.2, 0.25) is 5.02 Å². The molecule has 0 saturated carbocycles. The molecule has 170 valence electrons. The third-order valence-electron chi connectivity index (χ3n) is 3.99. The second-order valence-electron chi connectivity index (χ2n) is 8.48. The summed E-state index contributed by atoms with van der Waals surface area (Å²) in [6.45, 7) is 11.3. The average Bonchev–Trinajstić information content (AvgIpc) is 3.10. The van der Waals surface area contributed by atoms with Crippen molar-refractivity contribution in [2.24, 2.45) is 5.92 Å². The third kappa shape index (κ3) is 8.41.